The molecule has 0 N–H and O–H groups in total. The second kappa shape index (κ2) is 4.82. The summed E-state index contributed by atoms with van der Waals surface area (Å²) < 4.78 is 6.06. The van der Waals surface area contributed by atoms with E-state index in [4.69, 9.17) is 4.74 Å². The van der Waals surface area contributed by atoms with Crippen molar-refractivity contribution in [3.05, 3.63) is 0 Å². The number of ether oxygens (including phenoxy) is 1. The lowest BCUT2D eigenvalue weighted by Crippen LogP contribution is -2.53. The normalized spacial score (nSPS) is 47.3. The Morgan fingerprint density at radius 1 is 0.864 bits per heavy atom. The maximum Gasteiger partial charge on any atom is 0.139 e. The third-order valence-corrected chi connectivity index (χ3v) is 8.02. The van der Waals surface area contributed by atoms with Crippen molar-refractivity contribution in [1.82, 2.24) is 0 Å². The third-order valence-electron chi connectivity index (χ3n) is 8.02. The Hall–Kier alpha value is -0.370. The van der Waals surface area contributed by atoms with E-state index in [1.807, 2.05) is 0 Å². The van der Waals surface area contributed by atoms with E-state index in [1.165, 1.54) is 32.1 Å². The molecule has 0 spiro atoms. The van der Waals surface area contributed by atoms with Crippen molar-refractivity contribution in [2.75, 3.05) is 0 Å². The third kappa shape index (κ3) is 2.28. The summed E-state index contributed by atoms with van der Waals surface area (Å²) in [6.07, 6.45) is 8.57. The monoisotopic (exact) mass is 306 g/mol. The Labute approximate surface area is 136 Å². The van der Waals surface area contributed by atoms with Crippen LogP contribution in [0.1, 0.15) is 86.5 Å². The van der Waals surface area contributed by atoms with Gasteiger partial charge in [-0.25, -0.2) is 0 Å². The van der Waals surface area contributed by atoms with Gasteiger partial charge in [-0.15, -0.1) is 0 Å². The highest BCUT2D eigenvalue weighted by Gasteiger charge is 2.61. The van der Waals surface area contributed by atoms with Gasteiger partial charge < -0.3 is 4.74 Å². The minimum atomic E-state index is 0.0255. The summed E-state index contributed by atoms with van der Waals surface area (Å²) in [5.74, 6) is 2.02. The van der Waals surface area contributed by atoms with Crippen LogP contribution in [0.5, 0.6) is 0 Å². The number of rotatable bonds is 0. The molecule has 5 fully saturated rings. The number of hydrogen-bond donors (Lipinski definition) is 0. The molecule has 2 heterocycles. The molecule has 22 heavy (non-hydrogen) atoms. The molecule has 3 saturated carbocycles. The second-order valence-corrected chi connectivity index (χ2v) is 9.85. The molecule has 2 nitrogen and oxygen atoms in total. The van der Waals surface area contributed by atoms with Gasteiger partial charge in [0.25, 0.3) is 0 Å². The molecule has 126 valence electrons. The molecule has 4 bridgehead atoms. The molecule has 2 aliphatic heterocycles. The van der Waals surface area contributed by atoms with Gasteiger partial charge in [0, 0.05) is 11.8 Å². The largest absolute Gasteiger partial charge is 0.369 e. The van der Waals surface area contributed by atoms with E-state index >= 15 is 0 Å². The Morgan fingerprint density at radius 3 is 1.64 bits per heavy atom. The topological polar surface area (TPSA) is 26.3 Å². The van der Waals surface area contributed by atoms with Crippen molar-refractivity contribution in [2.45, 2.75) is 97.7 Å². The van der Waals surface area contributed by atoms with Crippen LogP contribution in [-0.2, 0) is 9.53 Å². The van der Waals surface area contributed by atoms with E-state index in [1.54, 1.807) is 0 Å². The van der Waals surface area contributed by atoms with Crippen molar-refractivity contribution < 1.29 is 9.53 Å². The first-order chi connectivity index (χ1) is 10.0. The summed E-state index contributed by atoms with van der Waals surface area (Å²) in [6, 6.07) is 0. The van der Waals surface area contributed by atoms with Crippen molar-refractivity contribution in [2.24, 2.45) is 22.7 Å². The highest BCUT2D eigenvalue weighted by Crippen LogP contribution is 2.63. The number of Topliss-reactive ketones (excluding diaryl/α,β-unsaturated/α-hetero) is 1. The highest BCUT2D eigenvalue weighted by molar-refractivity contribution is 5.89. The Kier molecular flexibility index (Phi) is 3.61. The zero-order chi connectivity index (χ0) is 16.4. The van der Waals surface area contributed by atoms with Gasteiger partial charge in [-0.05, 0) is 76.5 Å². The molecule has 5 aliphatic rings. The molecule has 2 unspecified atom stereocenters. The predicted octanol–water partition coefficient (Wildman–Crippen LogP) is 5.15. The van der Waals surface area contributed by atoms with E-state index in [2.05, 4.69) is 41.5 Å². The van der Waals surface area contributed by atoms with Gasteiger partial charge in [-0.1, -0.05) is 20.8 Å². The summed E-state index contributed by atoms with van der Waals surface area (Å²) >= 11 is 0. The first-order valence-corrected chi connectivity index (χ1v) is 9.24. The van der Waals surface area contributed by atoms with Gasteiger partial charge in [0.2, 0.25) is 0 Å². The van der Waals surface area contributed by atoms with Crippen LogP contribution in [0.4, 0.5) is 0 Å². The van der Waals surface area contributed by atoms with Crippen molar-refractivity contribution >= 4 is 5.78 Å². The lowest BCUT2D eigenvalue weighted by atomic mass is 9.69. The molecule has 0 amide bonds. The van der Waals surface area contributed by atoms with Gasteiger partial charge in [-0.3, -0.25) is 4.79 Å². The Balaban J connectivity index is 0.000000131. The summed E-state index contributed by atoms with van der Waals surface area (Å²) in [4.78, 5) is 11.6. The van der Waals surface area contributed by atoms with E-state index in [-0.39, 0.29) is 22.0 Å². The quantitative estimate of drug-likeness (QED) is 0.619. The first-order valence-electron chi connectivity index (χ1n) is 9.24. The smallest absolute Gasteiger partial charge is 0.139 e. The number of carbonyl (C=O) groups is 1. The average molecular weight is 306 g/mol. The van der Waals surface area contributed by atoms with Crippen LogP contribution in [0, 0.1) is 22.7 Å². The maximum absolute atomic E-state index is 11.6. The van der Waals surface area contributed by atoms with E-state index in [0.717, 1.165) is 18.8 Å². The minimum absolute atomic E-state index is 0.0255. The molecule has 5 rings (SSSR count). The van der Waals surface area contributed by atoms with Gasteiger partial charge in [0.1, 0.15) is 5.78 Å². The lowest BCUT2D eigenvalue weighted by Gasteiger charge is -2.54. The number of ketones is 1. The van der Waals surface area contributed by atoms with Crippen LogP contribution < -0.4 is 0 Å². The van der Waals surface area contributed by atoms with Crippen LogP contribution in [0.3, 0.4) is 0 Å². The van der Waals surface area contributed by atoms with Gasteiger partial charge >= 0.3 is 0 Å². The molecule has 0 aromatic rings. The van der Waals surface area contributed by atoms with Crippen LogP contribution in [-0.4, -0.2) is 17.0 Å². The summed E-state index contributed by atoms with van der Waals surface area (Å²) in [5, 5.41) is 0. The first kappa shape index (κ1) is 16.5. The fourth-order valence-corrected chi connectivity index (χ4v) is 5.65. The second-order valence-electron chi connectivity index (χ2n) is 9.85. The molecule has 2 atom stereocenters. The molecule has 0 radical (unpaired) electrons. The van der Waals surface area contributed by atoms with Crippen LogP contribution in [0.2, 0.25) is 0 Å². The number of hydrogen-bond acceptors (Lipinski definition) is 2. The molecule has 0 aromatic carbocycles. The van der Waals surface area contributed by atoms with Gasteiger partial charge in [0.05, 0.1) is 11.2 Å². The molecule has 2 heteroatoms. The van der Waals surface area contributed by atoms with Crippen LogP contribution in [0.25, 0.3) is 0 Å². The van der Waals surface area contributed by atoms with E-state index in [0.29, 0.717) is 11.7 Å². The van der Waals surface area contributed by atoms with E-state index < -0.39 is 0 Å². The lowest BCUT2D eigenvalue weighted by molar-refractivity contribution is -0.229. The summed E-state index contributed by atoms with van der Waals surface area (Å²) in [5.41, 5.74) is 0.686. The van der Waals surface area contributed by atoms with Crippen molar-refractivity contribution in [3.63, 3.8) is 0 Å². The summed E-state index contributed by atoms with van der Waals surface area (Å²) in [6.45, 7) is 13.4. The fraction of sp³-hybridized carbons (Fsp3) is 0.950. The van der Waals surface area contributed by atoms with Crippen molar-refractivity contribution in [1.29, 1.82) is 0 Å². The standard InChI is InChI=1S/C10H18O.C10H16O/c1-9(2)8-4-6-10(3,11-9)7-5-8;1-9(2)7-4-5-10(9,3)8(11)6-7/h8H,4-7H2,1-3H3;7H,4-6H2,1-3H3. The zero-order valence-electron chi connectivity index (χ0n) is 15.4. The predicted molar refractivity (Wildman–Crippen MR) is 89.8 cm³/mol. The molecule has 0 aromatic heterocycles. The van der Waals surface area contributed by atoms with Crippen LogP contribution >= 0.6 is 0 Å². The van der Waals surface area contributed by atoms with Crippen LogP contribution in [0.15, 0.2) is 0 Å². The molecular formula is C20H34O2. The number of fused-ring (bicyclic) bond motifs is 5. The van der Waals surface area contributed by atoms with Crippen molar-refractivity contribution in [3.8, 4) is 0 Å². The Morgan fingerprint density at radius 2 is 1.41 bits per heavy atom. The fourth-order valence-electron chi connectivity index (χ4n) is 5.65. The van der Waals surface area contributed by atoms with E-state index in [9.17, 15) is 4.79 Å². The van der Waals surface area contributed by atoms with Gasteiger partial charge in [-0.2, -0.15) is 0 Å². The SMILES string of the molecule is CC12CCC(CC1)C(C)(C)O2.CC12CCC(CC1=O)C2(C)C. The highest BCUT2D eigenvalue weighted by atomic mass is 16.5. The molecule has 3 aliphatic carbocycles. The average Bonchev–Trinajstić information content (AvgIpc) is 2.71. The molecular weight excluding hydrogens is 272 g/mol. The summed E-state index contributed by atoms with van der Waals surface area (Å²) in [7, 11) is 0. The molecule has 2 saturated heterocycles. The minimum Gasteiger partial charge on any atom is -0.369 e. The maximum atomic E-state index is 11.6. The Bertz CT molecular complexity index is 465. The zero-order valence-corrected chi connectivity index (χ0v) is 15.4. The van der Waals surface area contributed by atoms with Gasteiger partial charge in [0.15, 0.2) is 0 Å². The number of carbonyl (C=O) groups excluding carboxylic acids is 1.